The molecule has 0 radical (unpaired) electrons. The largest absolute Gasteiger partial charge is 0.356 e. The predicted octanol–water partition coefficient (Wildman–Crippen LogP) is 2.60. The van der Waals surface area contributed by atoms with Gasteiger partial charge in [-0.15, -0.1) is 0 Å². The van der Waals surface area contributed by atoms with Crippen LogP contribution in [0, 0.1) is 13.8 Å². The molecular formula is C11H13ClN2O. The van der Waals surface area contributed by atoms with Gasteiger partial charge in [0.25, 0.3) is 0 Å². The fraction of sp³-hybridized carbons (Fsp3) is 0.364. The molecule has 15 heavy (non-hydrogen) atoms. The van der Waals surface area contributed by atoms with Gasteiger partial charge in [0.2, 0.25) is 0 Å². The zero-order chi connectivity index (χ0) is 11.0. The minimum Gasteiger partial charge on any atom is -0.356 e. The zero-order valence-electron chi connectivity index (χ0n) is 8.80. The molecular weight excluding hydrogens is 212 g/mol. The van der Waals surface area contributed by atoms with Crippen LogP contribution in [0.2, 0.25) is 5.02 Å². The molecule has 0 atom stereocenters. The van der Waals surface area contributed by atoms with Crippen LogP contribution < -0.4 is 5.73 Å². The second-order valence-electron chi connectivity index (χ2n) is 3.67. The summed E-state index contributed by atoms with van der Waals surface area (Å²) in [7, 11) is 0. The second kappa shape index (κ2) is 3.83. The van der Waals surface area contributed by atoms with Crippen LogP contribution in [0.15, 0.2) is 10.6 Å². The van der Waals surface area contributed by atoms with Gasteiger partial charge in [0.15, 0.2) is 5.58 Å². The van der Waals surface area contributed by atoms with Crippen molar-refractivity contribution >= 4 is 22.6 Å². The minimum absolute atomic E-state index is 0.562. The smallest absolute Gasteiger partial charge is 0.167 e. The molecule has 0 saturated carbocycles. The van der Waals surface area contributed by atoms with Crippen molar-refractivity contribution < 1.29 is 4.52 Å². The molecule has 1 aromatic heterocycles. The fourth-order valence-corrected chi connectivity index (χ4v) is 1.96. The maximum Gasteiger partial charge on any atom is 0.167 e. The maximum absolute atomic E-state index is 6.18. The number of fused-ring (bicyclic) bond motifs is 1. The second-order valence-corrected chi connectivity index (χ2v) is 4.05. The number of halogens is 1. The Morgan fingerprint density at radius 3 is 2.87 bits per heavy atom. The topological polar surface area (TPSA) is 52.0 Å². The van der Waals surface area contributed by atoms with Crippen molar-refractivity contribution in [2.45, 2.75) is 20.3 Å². The van der Waals surface area contributed by atoms with Crippen molar-refractivity contribution in [1.82, 2.24) is 5.16 Å². The summed E-state index contributed by atoms with van der Waals surface area (Å²) in [5, 5.41) is 5.81. The van der Waals surface area contributed by atoms with Crippen molar-refractivity contribution in [3.05, 3.63) is 27.9 Å². The molecule has 80 valence electrons. The minimum atomic E-state index is 0.562. The molecule has 1 aromatic carbocycles. The van der Waals surface area contributed by atoms with E-state index in [4.69, 9.17) is 21.9 Å². The highest BCUT2D eigenvalue weighted by Gasteiger charge is 2.14. The van der Waals surface area contributed by atoms with E-state index in [1.54, 1.807) is 0 Å². The van der Waals surface area contributed by atoms with Gasteiger partial charge in [0.05, 0.1) is 5.69 Å². The third kappa shape index (κ3) is 1.62. The highest BCUT2D eigenvalue weighted by atomic mass is 35.5. The Labute approximate surface area is 93.2 Å². The van der Waals surface area contributed by atoms with E-state index in [-0.39, 0.29) is 0 Å². The van der Waals surface area contributed by atoms with E-state index in [9.17, 15) is 0 Å². The molecule has 0 fully saturated rings. The molecule has 0 saturated heterocycles. The lowest BCUT2D eigenvalue weighted by Crippen LogP contribution is -2.03. The molecule has 3 nitrogen and oxygen atoms in total. The van der Waals surface area contributed by atoms with Gasteiger partial charge < -0.3 is 10.3 Å². The van der Waals surface area contributed by atoms with Crippen molar-refractivity contribution in [3.8, 4) is 0 Å². The average molecular weight is 225 g/mol. The first-order valence-electron chi connectivity index (χ1n) is 4.89. The lowest BCUT2D eigenvalue weighted by atomic mass is 10.0. The van der Waals surface area contributed by atoms with E-state index in [2.05, 4.69) is 5.16 Å². The molecule has 0 amide bonds. The van der Waals surface area contributed by atoms with Gasteiger partial charge in [0, 0.05) is 16.8 Å². The van der Waals surface area contributed by atoms with Crippen LogP contribution >= 0.6 is 11.6 Å². The van der Waals surface area contributed by atoms with Crippen LogP contribution in [0.4, 0.5) is 0 Å². The number of hydrogen-bond donors (Lipinski definition) is 1. The van der Waals surface area contributed by atoms with Gasteiger partial charge in [-0.1, -0.05) is 16.8 Å². The lowest BCUT2D eigenvalue weighted by molar-refractivity contribution is 0.446. The molecule has 0 spiro atoms. The molecule has 4 heteroatoms. The summed E-state index contributed by atoms with van der Waals surface area (Å²) >= 11 is 6.18. The number of hydrogen-bond acceptors (Lipinski definition) is 3. The fourth-order valence-electron chi connectivity index (χ4n) is 1.81. The monoisotopic (exact) mass is 224 g/mol. The molecule has 0 bridgehead atoms. The summed E-state index contributed by atoms with van der Waals surface area (Å²) in [6.45, 7) is 4.50. The number of aryl methyl sites for hydroxylation is 2. The molecule has 2 aromatic rings. The standard InChI is InChI=1S/C11H13ClN2O/c1-6-5-9-10(7(2)11(6)12)8(3-4-13)14-15-9/h5H,3-4,13H2,1-2H3. The van der Waals surface area contributed by atoms with E-state index < -0.39 is 0 Å². The van der Waals surface area contributed by atoms with Crippen LogP contribution in [0.3, 0.4) is 0 Å². The van der Waals surface area contributed by atoms with Crippen molar-refractivity contribution in [1.29, 1.82) is 0 Å². The molecule has 0 aliphatic rings. The van der Waals surface area contributed by atoms with E-state index in [0.717, 1.165) is 32.8 Å². The van der Waals surface area contributed by atoms with E-state index in [1.165, 1.54) is 0 Å². The normalized spacial score (nSPS) is 11.2. The van der Waals surface area contributed by atoms with Crippen LogP contribution in [0.5, 0.6) is 0 Å². The Balaban J connectivity index is 2.74. The Morgan fingerprint density at radius 1 is 1.47 bits per heavy atom. The van der Waals surface area contributed by atoms with Gasteiger partial charge in [-0.3, -0.25) is 0 Å². The van der Waals surface area contributed by atoms with E-state index >= 15 is 0 Å². The highest BCUT2D eigenvalue weighted by molar-refractivity contribution is 6.33. The van der Waals surface area contributed by atoms with E-state index in [1.807, 2.05) is 19.9 Å². The molecule has 1 heterocycles. The number of nitrogens with zero attached hydrogens (tertiary/aromatic N) is 1. The van der Waals surface area contributed by atoms with Gasteiger partial charge in [-0.2, -0.15) is 0 Å². The summed E-state index contributed by atoms with van der Waals surface area (Å²) < 4.78 is 5.25. The van der Waals surface area contributed by atoms with Crippen molar-refractivity contribution in [3.63, 3.8) is 0 Å². The van der Waals surface area contributed by atoms with Crippen LogP contribution in [0.25, 0.3) is 11.0 Å². The summed E-state index contributed by atoms with van der Waals surface area (Å²) in [5.41, 5.74) is 9.23. The summed E-state index contributed by atoms with van der Waals surface area (Å²) in [6.07, 6.45) is 0.716. The number of benzene rings is 1. The number of aromatic nitrogens is 1. The zero-order valence-corrected chi connectivity index (χ0v) is 9.56. The first kappa shape index (κ1) is 10.5. The van der Waals surface area contributed by atoms with Gasteiger partial charge in [-0.05, 0) is 37.6 Å². The van der Waals surface area contributed by atoms with Gasteiger partial charge in [-0.25, -0.2) is 0 Å². The van der Waals surface area contributed by atoms with Crippen LogP contribution in [0.1, 0.15) is 16.8 Å². The quantitative estimate of drug-likeness (QED) is 0.853. The SMILES string of the molecule is Cc1cc2onc(CCN)c2c(C)c1Cl. The predicted molar refractivity (Wildman–Crippen MR) is 61.3 cm³/mol. The van der Waals surface area contributed by atoms with Crippen LogP contribution in [-0.4, -0.2) is 11.7 Å². The van der Waals surface area contributed by atoms with Gasteiger partial charge in [0.1, 0.15) is 0 Å². The van der Waals surface area contributed by atoms with Gasteiger partial charge >= 0.3 is 0 Å². The Bertz CT molecular complexity index is 505. The molecule has 2 N–H and O–H groups in total. The number of nitrogens with two attached hydrogens (primary N) is 1. The Kier molecular flexibility index (Phi) is 2.67. The van der Waals surface area contributed by atoms with E-state index in [0.29, 0.717) is 13.0 Å². The van der Waals surface area contributed by atoms with Crippen molar-refractivity contribution in [2.75, 3.05) is 6.54 Å². The molecule has 0 aliphatic carbocycles. The lowest BCUT2D eigenvalue weighted by Gasteiger charge is -2.03. The summed E-state index contributed by atoms with van der Waals surface area (Å²) in [4.78, 5) is 0. The Hall–Kier alpha value is -1.06. The Morgan fingerprint density at radius 2 is 2.20 bits per heavy atom. The highest BCUT2D eigenvalue weighted by Crippen LogP contribution is 2.31. The third-order valence-electron chi connectivity index (χ3n) is 2.57. The first-order chi connectivity index (χ1) is 7.15. The third-order valence-corrected chi connectivity index (χ3v) is 3.15. The van der Waals surface area contributed by atoms with Crippen molar-refractivity contribution in [2.24, 2.45) is 5.73 Å². The summed E-state index contributed by atoms with van der Waals surface area (Å²) in [5.74, 6) is 0. The molecule has 2 rings (SSSR count). The number of rotatable bonds is 2. The maximum atomic E-state index is 6.18. The van der Waals surface area contributed by atoms with Crippen LogP contribution in [-0.2, 0) is 6.42 Å². The summed E-state index contributed by atoms with van der Waals surface area (Å²) in [6, 6.07) is 1.91. The first-order valence-corrected chi connectivity index (χ1v) is 5.27. The molecule has 0 unspecified atom stereocenters. The average Bonchev–Trinajstić information content (AvgIpc) is 2.59. The molecule has 0 aliphatic heterocycles.